The molecular weight excluding hydrogens is 350 g/mol. The lowest BCUT2D eigenvalue weighted by Gasteiger charge is -2.12. The molecule has 0 saturated heterocycles. The van der Waals surface area contributed by atoms with Crippen LogP contribution < -0.4 is 5.32 Å². The van der Waals surface area contributed by atoms with E-state index in [9.17, 15) is 0 Å². The number of nitrogens with zero attached hydrogens (tertiary/aromatic N) is 5. The number of hydrogen-bond acceptors (Lipinski definition) is 6. The first kappa shape index (κ1) is 16.3. The zero-order valence-electron chi connectivity index (χ0n) is 15.2. The predicted molar refractivity (Wildman–Crippen MR) is 109 cm³/mol. The van der Waals surface area contributed by atoms with Crippen molar-refractivity contribution in [2.45, 2.75) is 13.5 Å². The summed E-state index contributed by atoms with van der Waals surface area (Å²) < 4.78 is 0. The zero-order chi connectivity index (χ0) is 18.9. The highest BCUT2D eigenvalue weighted by Crippen LogP contribution is 2.25. The summed E-state index contributed by atoms with van der Waals surface area (Å²) in [5.41, 5.74) is 5.90. The van der Waals surface area contributed by atoms with Gasteiger partial charge in [-0.1, -0.05) is 42.5 Å². The first-order valence-electron chi connectivity index (χ1n) is 9.00. The summed E-state index contributed by atoms with van der Waals surface area (Å²) >= 11 is 0. The van der Waals surface area contributed by atoms with E-state index in [1.54, 1.807) is 6.33 Å². The predicted octanol–water partition coefficient (Wildman–Crippen LogP) is 3.88. The van der Waals surface area contributed by atoms with E-state index in [2.05, 4.69) is 25.3 Å². The lowest BCUT2D eigenvalue weighted by Crippen LogP contribution is -2.08. The van der Waals surface area contributed by atoms with Crippen LogP contribution in [0.15, 0.2) is 60.9 Å². The van der Waals surface area contributed by atoms with E-state index in [-0.39, 0.29) is 0 Å². The van der Waals surface area contributed by atoms with E-state index in [4.69, 9.17) is 9.97 Å². The average Bonchev–Trinajstić information content (AvgIpc) is 3.20. The summed E-state index contributed by atoms with van der Waals surface area (Å²) in [5.74, 6) is 1.36. The number of benzene rings is 2. The minimum atomic E-state index is 0.479. The lowest BCUT2D eigenvalue weighted by atomic mass is 10.1. The third kappa shape index (κ3) is 2.92. The average molecular weight is 367 g/mol. The van der Waals surface area contributed by atoms with Gasteiger partial charge in [-0.25, -0.2) is 24.9 Å². The van der Waals surface area contributed by atoms with Gasteiger partial charge >= 0.3 is 0 Å². The number of H-pyrrole nitrogens is 1. The Balaban J connectivity index is 1.58. The third-order valence-electron chi connectivity index (χ3n) is 4.51. The molecular formula is C21H17N7. The second-order valence-electron chi connectivity index (χ2n) is 6.45. The van der Waals surface area contributed by atoms with Gasteiger partial charge in [0.2, 0.25) is 0 Å². The number of para-hydroxylation sites is 2. The first-order chi connectivity index (χ1) is 13.8. The molecule has 0 spiro atoms. The minimum absolute atomic E-state index is 0.479. The molecule has 0 bridgehead atoms. The highest BCUT2D eigenvalue weighted by atomic mass is 15.1. The topological polar surface area (TPSA) is 92.3 Å². The molecule has 7 nitrogen and oxygen atoms in total. The van der Waals surface area contributed by atoms with Gasteiger partial charge in [-0.3, -0.25) is 0 Å². The van der Waals surface area contributed by atoms with Crippen molar-refractivity contribution in [2.75, 3.05) is 5.32 Å². The van der Waals surface area contributed by atoms with Crippen molar-refractivity contribution in [1.82, 2.24) is 29.9 Å². The Morgan fingerprint density at radius 3 is 2.43 bits per heavy atom. The Morgan fingerprint density at radius 1 is 0.857 bits per heavy atom. The van der Waals surface area contributed by atoms with E-state index in [0.717, 1.165) is 33.5 Å². The molecule has 0 radical (unpaired) electrons. The van der Waals surface area contributed by atoms with E-state index in [1.165, 1.54) is 0 Å². The van der Waals surface area contributed by atoms with Gasteiger partial charge in [-0.2, -0.15) is 0 Å². The van der Waals surface area contributed by atoms with Crippen LogP contribution in [0, 0.1) is 6.92 Å². The monoisotopic (exact) mass is 367 g/mol. The maximum Gasteiger partial charge on any atom is 0.183 e. The Kier molecular flexibility index (Phi) is 3.90. The molecule has 0 saturated carbocycles. The van der Waals surface area contributed by atoms with Crippen molar-refractivity contribution in [2.24, 2.45) is 0 Å². The van der Waals surface area contributed by atoms with Crippen molar-refractivity contribution in [3.8, 4) is 11.3 Å². The summed E-state index contributed by atoms with van der Waals surface area (Å²) in [6.45, 7) is 2.33. The van der Waals surface area contributed by atoms with Gasteiger partial charge in [0.1, 0.15) is 11.3 Å². The van der Waals surface area contributed by atoms with Crippen LogP contribution in [0.4, 0.5) is 5.82 Å². The van der Waals surface area contributed by atoms with E-state index < -0.39 is 0 Å². The van der Waals surface area contributed by atoms with E-state index in [1.807, 2.05) is 61.5 Å². The van der Waals surface area contributed by atoms with Crippen LogP contribution in [-0.2, 0) is 6.54 Å². The minimum Gasteiger partial charge on any atom is -0.362 e. The van der Waals surface area contributed by atoms with Crippen LogP contribution in [0.1, 0.15) is 11.5 Å². The van der Waals surface area contributed by atoms with Crippen molar-refractivity contribution in [3.63, 3.8) is 0 Å². The zero-order valence-corrected chi connectivity index (χ0v) is 15.2. The fraction of sp³-hybridized carbons (Fsp3) is 0.0952. The molecule has 0 atom stereocenters. The molecule has 2 N–H and O–H groups in total. The summed E-state index contributed by atoms with van der Waals surface area (Å²) in [6, 6.07) is 18.0. The van der Waals surface area contributed by atoms with Gasteiger partial charge in [0.05, 0.1) is 35.3 Å². The number of rotatable bonds is 4. The second-order valence-corrected chi connectivity index (χ2v) is 6.45. The number of fused-ring (bicyclic) bond motifs is 2. The molecule has 0 fully saturated rings. The fourth-order valence-corrected chi connectivity index (χ4v) is 3.22. The summed E-state index contributed by atoms with van der Waals surface area (Å²) in [7, 11) is 0. The van der Waals surface area contributed by atoms with Gasteiger partial charge < -0.3 is 10.3 Å². The molecule has 2 aromatic carbocycles. The van der Waals surface area contributed by atoms with Crippen molar-refractivity contribution >= 4 is 28.0 Å². The Bertz CT molecular complexity index is 1280. The molecule has 0 unspecified atom stereocenters. The van der Waals surface area contributed by atoms with Crippen LogP contribution in [0.5, 0.6) is 0 Å². The normalized spacial score (nSPS) is 11.2. The van der Waals surface area contributed by atoms with E-state index in [0.29, 0.717) is 23.8 Å². The highest BCUT2D eigenvalue weighted by molar-refractivity contribution is 5.83. The molecule has 0 aliphatic carbocycles. The number of anilines is 1. The van der Waals surface area contributed by atoms with Crippen LogP contribution in [-0.4, -0.2) is 29.9 Å². The van der Waals surface area contributed by atoms with Gasteiger partial charge in [0.15, 0.2) is 11.5 Å². The van der Waals surface area contributed by atoms with E-state index >= 15 is 0 Å². The maximum absolute atomic E-state index is 4.87. The highest BCUT2D eigenvalue weighted by Gasteiger charge is 2.13. The number of aromatic amines is 1. The largest absolute Gasteiger partial charge is 0.362 e. The molecule has 3 heterocycles. The quantitative estimate of drug-likeness (QED) is 0.501. The summed E-state index contributed by atoms with van der Waals surface area (Å²) in [4.78, 5) is 25.9. The summed E-state index contributed by atoms with van der Waals surface area (Å²) in [6.07, 6.45) is 1.62. The molecule has 3 aromatic heterocycles. The molecule has 7 heteroatoms. The Labute approximate surface area is 160 Å². The number of nitrogens with one attached hydrogen (secondary N) is 2. The first-order valence-corrected chi connectivity index (χ1v) is 9.00. The Morgan fingerprint density at radius 2 is 1.61 bits per heavy atom. The van der Waals surface area contributed by atoms with Gasteiger partial charge in [-0.15, -0.1) is 0 Å². The standard InChI is InChI=1S/C21H17N7/c1-13-25-20(19-21(26-13)24-12-23-19)22-11-17-18(14-7-3-2-4-8-14)28-16-10-6-5-9-15(16)27-17/h2-10,12H,11H2,1H3,(H2,22,23,24,25,26). The Hall–Kier alpha value is -3.87. The van der Waals surface area contributed by atoms with Crippen molar-refractivity contribution in [1.29, 1.82) is 0 Å². The van der Waals surface area contributed by atoms with Gasteiger partial charge in [0, 0.05) is 5.56 Å². The van der Waals surface area contributed by atoms with Crippen LogP contribution in [0.25, 0.3) is 33.5 Å². The van der Waals surface area contributed by atoms with Crippen molar-refractivity contribution in [3.05, 3.63) is 72.4 Å². The van der Waals surface area contributed by atoms with Crippen LogP contribution in [0.2, 0.25) is 0 Å². The lowest BCUT2D eigenvalue weighted by molar-refractivity contribution is 1.01. The second kappa shape index (κ2) is 6.70. The van der Waals surface area contributed by atoms with Crippen molar-refractivity contribution < 1.29 is 0 Å². The molecule has 5 rings (SSSR count). The number of aryl methyl sites for hydroxylation is 1. The SMILES string of the molecule is Cc1nc(NCc2nc3ccccc3nc2-c2ccccc2)c2[nH]cnc2n1. The van der Waals surface area contributed by atoms with Crippen LogP contribution in [0.3, 0.4) is 0 Å². The molecule has 28 heavy (non-hydrogen) atoms. The maximum atomic E-state index is 4.87. The van der Waals surface area contributed by atoms with Gasteiger partial charge in [-0.05, 0) is 19.1 Å². The number of aromatic nitrogens is 6. The number of hydrogen-bond donors (Lipinski definition) is 2. The third-order valence-corrected chi connectivity index (χ3v) is 4.51. The molecule has 5 aromatic rings. The smallest absolute Gasteiger partial charge is 0.183 e. The van der Waals surface area contributed by atoms with Gasteiger partial charge in [0.25, 0.3) is 0 Å². The van der Waals surface area contributed by atoms with Crippen LogP contribution >= 0.6 is 0 Å². The number of imidazole rings is 1. The molecule has 0 aliphatic rings. The molecule has 0 aliphatic heterocycles. The molecule has 136 valence electrons. The summed E-state index contributed by atoms with van der Waals surface area (Å²) in [5, 5.41) is 3.38. The fourth-order valence-electron chi connectivity index (χ4n) is 3.22. The molecule has 0 amide bonds.